The minimum Gasteiger partial charge on any atom is -0.496 e. The van der Waals surface area contributed by atoms with E-state index in [2.05, 4.69) is 0 Å². The Bertz CT molecular complexity index is 555. The number of carbonyl (C=O) groups is 1. The maximum Gasteiger partial charge on any atom is 0.498 e. The summed E-state index contributed by atoms with van der Waals surface area (Å²) in [4.78, 5) is 13.2. The SMILES string of the molecule is COC(=O)C(C)N1C=C(OC)C(B2OC(C)(C)C(C)(C)O2)=CC1O. The lowest BCUT2D eigenvalue weighted by molar-refractivity contribution is -0.147. The van der Waals surface area contributed by atoms with E-state index in [1.807, 2.05) is 27.7 Å². The molecular weight excluding hydrogens is 313 g/mol. The van der Waals surface area contributed by atoms with Crippen molar-refractivity contribution in [1.82, 2.24) is 4.90 Å². The fraction of sp³-hybridized carbons (Fsp3) is 0.688. The monoisotopic (exact) mass is 339 g/mol. The molecule has 0 radical (unpaired) electrons. The van der Waals surface area contributed by atoms with E-state index in [0.29, 0.717) is 11.2 Å². The molecule has 1 saturated heterocycles. The molecule has 8 heteroatoms. The third-order valence-corrected chi connectivity index (χ3v) is 4.90. The lowest BCUT2D eigenvalue weighted by atomic mass is 9.75. The summed E-state index contributed by atoms with van der Waals surface area (Å²) in [6.45, 7) is 9.46. The van der Waals surface area contributed by atoms with Gasteiger partial charge in [-0.3, -0.25) is 0 Å². The standard InChI is InChI=1S/C16H26BNO6/c1-10(14(20)22-7)18-9-12(21-6)11(8-13(18)19)17-23-15(2,3)16(4,5)24-17/h8-10,13,19H,1-7H3. The Balaban J connectivity index is 2.28. The first kappa shape index (κ1) is 18.8. The van der Waals surface area contributed by atoms with Crippen LogP contribution in [0.25, 0.3) is 0 Å². The first-order valence-corrected chi connectivity index (χ1v) is 7.91. The predicted molar refractivity (Wildman–Crippen MR) is 88.6 cm³/mol. The van der Waals surface area contributed by atoms with Crippen molar-refractivity contribution in [1.29, 1.82) is 0 Å². The number of carbonyl (C=O) groups excluding carboxylic acids is 1. The Morgan fingerprint density at radius 1 is 1.29 bits per heavy atom. The molecule has 134 valence electrons. The molecule has 0 amide bonds. The summed E-state index contributed by atoms with van der Waals surface area (Å²) in [7, 11) is 2.16. The number of aliphatic hydroxyl groups excluding tert-OH is 1. The van der Waals surface area contributed by atoms with Crippen LogP contribution in [0.5, 0.6) is 0 Å². The summed E-state index contributed by atoms with van der Waals surface area (Å²) in [5, 5.41) is 10.4. The van der Waals surface area contributed by atoms with Crippen molar-refractivity contribution in [3.05, 3.63) is 23.5 Å². The molecule has 2 atom stereocenters. The summed E-state index contributed by atoms with van der Waals surface area (Å²) >= 11 is 0. The van der Waals surface area contributed by atoms with Gasteiger partial charge >= 0.3 is 13.1 Å². The number of methoxy groups -OCH3 is 2. The molecule has 0 bridgehead atoms. The van der Waals surface area contributed by atoms with Crippen molar-refractivity contribution in [3.63, 3.8) is 0 Å². The predicted octanol–water partition coefficient (Wildman–Crippen LogP) is 1.23. The topological polar surface area (TPSA) is 77.5 Å². The van der Waals surface area contributed by atoms with Crippen LogP contribution >= 0.6 is 0 Å². The summed E-state index contributed by atoms with van der Waals surface area (Å²) in [5.74, 6) is 0.0165. The van der Waals surface area contributed by atoms with Crippen LogP contribution in [0.2, 0.25) is 0 Å². The molecule has 0 spiro atoms. The van der Waals surface area contributed by atoms with Crippen LogP contribution in [-0.4, -0.2) is 60.8 Å². The molecule has 1 N–H and O–H groups in total. The highest BCUT2D eigenvalue weighted by Gasteiger charge is 2.53. The van der Waals surface area contributed by atoms with Gasteiger partial charge in [0.1, 0.15) is 18.0 Å². The van der Waals surface area contributed by atoms with Crippen molar-refractivity contribution in [2.75, 3.05) is 14.2 Å². The smallest absolute Gasteiger partial charge is 0.496 e. The number of esters is 1. The summed E-state index contributed by atoms with van der Waals surface area (Å²) < 4.78 is 22.2. The van der Waals surface area contributed by atoms with E-state index in [1.54, 1.807) is 19.2 Å². The van der Waals surface area contributed by atoms with E-state index in [4.69, 9.17) is 18.8 Å². The van der Waals surface area contributed by atoms with Crippen LogP contribution in [0.3, 0.4) is 0 Å². The van der Waals surface area contributed by atoms with Gasteiger partial charge in [-0.15, -0.1) is 0 Å². The fourth-order valence-corrected chi connectivity index (χ4v) is 2.58. The molecule has 7 nitrogen and oxygen atoms in total. The third-order valence-electron chi connectivity index (χ3n) is 4.90. The average Bonchev–Trinajstić information content (AvgIpc) is 2.73. The van der Waals surface area contributed by atoms with Gasteiger partial charge in [-0.25, -0.2) is 4.79 Å². The Morgan fingerprint density at radius 2 is 1.83 bits per heavy atom. The Kier molecular flexibility index (Phi) is 5.04. The van der Waals surface area contributed by atoms with Gasteiger partial charge in [0.2, 0.25) is 0 Å². The summed E-state index contributed by atoms with van der Waals surface area (Å²) in [5.41, 5.74) is -0.408. The zero-order valence-corrected chi connectivity index (χ0v) is 15.3. The lowest BCUT2D eigenvalue weighted by Gasteiger charge is -2.34. The van der Waals surface area contributed by atoms with Gasteiger partial charge in [0.15, 0.2) is 0 Å². The van der Waals surface area contributed by atoms with Crippen molar-refractivity contribution in [2.24, 2.45) is 0 Å². The fourth-order valence-electron chi connectivity index (χ4n) is 2.58. The normalized spacial score (nSPS) is 26.6. The maximum absolute atomic E-state index is 11.7. The number of ether oxygens (including phenoxy) is 2. The minimum absolute atomic E-state index is 0.451. The second-order valence-electron chi connectivity index (χ2n) is 6.97. The molecule has 0 saturated carbocycles. The summed E-state index contributed by atoms with van der Waals surface area (Å²) in [6, 6.07) is -0.661. The van der Waals surface area contributed by atoms with E-state index in [-0.39, 0.29) is 0 Å². The van der Waals surface area contributed by atoms with Crippen LogP contribution in [0.15, 0.2) is 23.5 Å². The number of aliphatic hydroxyl groups is 1. The van der Waals surface area contributed by atoms with Crippen molar-refractivity contribution >= 4 is 13.1 Å². The minimum atomic E-state index is -1.02. The zero-order valence-electron chi connectivity index (χ0n) is 15.3. The molecular formula is C16H26BNO6. The van der Waals surface area contributed by atoms with Gasteiger partial charge in [-0.1, -0.05) is 0 Å². The van der Waals surface area contributed by atoms with Gasteiger partial charge in [-0.2, -0.15) is 0 Å². The Morgan fingerprint density at radius 3 is 2.29 bits per heavy atom. The number of nitrogens with zero attached hydrogens (tertiary/aromatic N) is 1. The molecule has 2 heterocycles. The van der Waals surface area contributed by atoms with E-state index in [0.717, 1.165) is 0 Å². The molecule has 2 aliphatic rings. The van der Waals surface area contributed by atoms with E-state index >= 15 is 0 Å². The van der Waals surface area contributed by atoms with Crippen molar-refractivity contribution in [3.8, 4) is 0 Å². The van der Waals surface area contributed by atoms with E-state index in [9.17, 15) is 9.90 Å². The largest absolute Gasteiger partial charge is 0.498 e. The first-order valence-electron chi connectivity index (χ1n) is 7.91. The highest BCUT2D eigenvalue weighted by atomic mass is 16.7. The number of rotatable bonds is 4. The highest BCUT2D eigenvalue weighted by Crippen LogP contribution is 2.40. The second-order valence-corrected chi connectivity index (χ2v) is 6.97. The van der Waals surface area contributed by atoms with Gasteiger partial charge in [-0.05, 0) is 40.7 Å². The van der Waals surface area contributed by atoms with E-state index < -0.39 is 36.6 Å². The second kappa shape index (κ2) is 6.42. The maximum atomic E-state index is 11.7. The van der Waals surface area contributed by atoms with Crippen LogP contribution in [0.4, 0.5) is 0 Å². The number of allylic oxidation sites excluding steroid dienone is 1. The third kappa shape index (κ3) is 3.18. The van der Waals surface area contributed by atoms with Crippen LogP contribution < -0.4 is 0 Å². The average molecular weight is 339 g/mol. The Labute approximate surface area is 143 Å². The number of hydrogen-bond donors (Lipinski definition) is 1. The molecule has 2 rings (SSSR count). The highest BCUT2D eigenvalue weighted by molar-refractivity contribution is 6.56. The zero-order chi connectivity index (χ0) is 18.3. The number of hydrogen-bond acceptors (Lipinski definition) is 7. The quantitative estimate of drug-likeness (QED) is 0.610. The first-order chi connectivity index (χ1) is 11.0. The Hall–Kier alpha value is -1.51. The molecule has 1 fully saturated rings. The molecule has 0 aliphatic carbocycles. The van der Waals surface area contributed by atoms with Gasteiger partial charge in [0.05, 0.1) is 25.4 Å². The van der Waals surface area contributed by atoms with Crippen LogP contribution in [0, 0.1) is 0 Å². The van der Waals surface area contributed by atoms with Crippen LogP contribution in [0.1, 0.15) is 34.6 Å². The van der Waals surface area contributed by atoms with Crippen LogP contribution in [-0.2, 0) is 23.6 Å². The van der Waals surface area contributed by atoms with Crippen molar-refractivity contribution < 1.29 is 28.7 Å². The lowest BCUT2D eigenvalue weighted by Crippen LogP contribution is -2.45. The molecule has 0 aromatic heterocycles. The van der Waals surface area contributed by atoms with Crippen molar-refractivity contribution in [2.45, 2.75) is 58.1 Å². The molecule has 2 unspecified atom stereocenters. The van der Waals surface area contributed by atoms with Gasteiger partial charge < -0.3 is 28.8 Å². The molecule has 0 aromatic rings. The summed E-state index contributed by atoms with van der Waals surface area (Å²) in [6.07, 6.45) is 2.12. The molecule has 0 aromatic carbocycles. The molecule has 2 aliphatic heterocycles. The molecule has 24 heavy (non-hydrogen) atoms. The van der Waals surface area contributed by atoms with Gasteiger partial charge in [0, 0.05) is 11.7 Å². The van der Waals surface area contributed by atoms with Gasteiger partial charge in [0.25, 0.3) is 0 Å². The van der Waals surface area contributed by atoms with E-state index in [1.165, 1.54) is 19.1 Å².